The van der Waals surface area contributed by atoms with Crippen LogP contribution in [0, 0.1) is 0 Å². The lowest BCUT2D eigenvalue weighted by atomic mass is 10.0. The Hall–Kier alpha value is -0.960. The predicted molar refractivity (Wildman–Crippen MR) is 75.3 cm³/mol. The van der Waals surface area contributed by atoms with E-state index in [1.165, 1.54) is 6.33 Å². The predicted octanol–water partition coefficient (Wildman–Crippen LogP) is 0.377. The third-order valence-corrected chi connectivity index (χ3v) is 6.00. The van der Waals surface area contributed by atoms with Crippen LogP contribution in [0.1, 0.15) is 19.3 Å². The van der Waals surface area contributed by atoms with Crippen LogP contribution in [0.2, 0.25) is 0 Å². The number of imidazole rings is 1. The molecule has 1 aromatic rings. The van der Waals surface area contributed by atoms with Gasteiger partial charge in [0.05, 0.1) is 31.2 Å². The molecule has 8 heteroatoms. The Morgan fingerprint density at radius 2 is 2.24 bits per heavy atom. The van der Waals surface area contributed by atoms with Crippen LogP contribution in [-0.4, -0.2) is 60.8 Å². The summed E-state index contributed by atoms with van der Waals surface area (Å²) < 4.78 is 39.7. The summed E-state index contributed by atoms with van der Waals surface area (Å²) in [6, 6.07) is -0.0786. The molecule has 21 heavy (non-hydrogen) atoms. The van der Waals surface area contributed by atoms with E-state index in [1.54, 1.807) is 29.2 Å². The Morgan fingerprint density at radius 3 is 2.90 bits per heavy atom. The van der Waals surface area contributed by atoms with Crippen LogP contribution in [0.3, 0.4) is 0 Å². The molecule has 0 aromatic carbocycles. The normalized spacial score (nSPS) is 30.5. The largest absolute Gasteiger partial charge is 0.382 e. The van der Waals surface area contributed by atoms with Gasteiger partial charge in [-0.3, -0.25) is 0 Å². The number of rotatable bonds is 4. The van der Waals surface area contributed by atoms with E-state index in [0.29, 0.717) is 13.2 Å². The zero-order valence-corrected chi connectivity index (χ0v) is 13.1. The fourth-order valence-corrected chi connectivity index (χ4v) is 4.87. The van der Waals surface area contributed by atoms with Crippen LogP contribution in [0.5, 0.6) is 0 Å². The number of ether oxygens (including phenoxy) is 2. The molecule has 2 aliphatic heterocycles. The molecule has 7 nitrogen and oxygen atoms in total. The van der Waals surface area contributed by atoms with E-state index in [2.05, 4.69) is 4.98 Å². The van der Waals surface area contributed by atoms with Gasteiger partial charge in [-0.15, -0.1) is 0 Å². The molecule has 0 unspecified atom stereocenters. The molecular formula is C13H21N3O4S. The van der Waals surface area contributed by atoms with E-state index in [4.69, 9.17) is 9.47 Å². The highest BCUT2D eigenvalue weighted by Gasteiger charge is 2.45. The van der Waals surface area contributed by atoms with E-state index in [1.807, 2.05) is 0 Å². The van der Waals surface area contributed by atoms with Crippen LogP contribution in [-0.2, 0) is 26.5 Å². The molecular weight excluding hydrogens is 294 g/mol. The first-order valence-corrected chi connectivity index (χ1v) is 8.60. The number of nitrogens with zero attached hydrogens (tertiary/aromatic N) is 3. The highest BCUT2D eigenvalue weighted by molar-refractivity contribution is 7.89. The molecule has 3 atom stereocenters. The van der Waals surface area contributed by atoms with E-state index >= 15 is 0 Å². The molecule has 2 fully saturated rings. The van der Waals surface area contributed by atoms with E-state index in [0.717, 1.165) is 19.3 Å². The topological polar surface area (TPSA) is 73.7 Å². The zero-order chi connectivity index (χ0) is 15.0. The molecule has 3 heterocycles. The minimum atomic E-state index is -3.53. The van der Waals surface area contributed by atoms with Gasteiger partial charge in [0.25, 0.3) is 10.0 Å². The fraction of sp³-hybridized carbons (Fsp3) is 0.769. The summed E-state index contributed by atoms with van der Waals surface area (Å²) in [4.78, 5) is 3.99. The quantitative estimate of drug-likeness (QED) is 0.803. The summed E-state index contributed by atoms with van der Waals surface area (Å²) in [6.45, 7) is 1.06. The van der Waals surface area contributed by atoms with Crippen molar-refractivity contribution in [3.8, 4) is 0 Å². The van der Waals surface area contributed by atoms with Gasteiger partial charge in [-0.25, -0.2) is 13.4 Å². The maximum absolute atomic E-state index is 12.7. The van der Waals surface area contributed by atoms with Crippen molar-refractivity contribution < 1.29 is 17.9 Å². The Kier molecular flexibility index (Phi) is 4.04. The summed E-state index contributed by atoms with van der Waals surface area (Å²) >= 11 is 0. The van der Waals surface area contributed by atoms with Gasteiger partial charge in [0, 0.05) is 26.9 Å². The lowest BCUT2D eigenvalue weighted by molar-refractivity contribution is -0.0872. The number of hydrogen-bond acceptors (Lipinski definition) is 5. The second kappa shape index (κ2) is 5.68. The highest BCUT2D eigenvalue weighted by atomic mass is 32.2. The monoisotopic (exact) mass is 315 g/mol. The van der Waals surface area contributed by atoms with Crippen molar-refractivity contribution in [1.29, 1.82) is 0 Å². The SMILES string of the molecule is COC[C@@H]1CC[C@H]2[C@H](CCN2S(=O)(=O)c2cn(C)cn2)O1. The van der Waals surface area contributed by atoms with Gasteiger partial charge < -0.3 is 14.0 Å². The molecule has 0 bridgehead atoms. The molecule has 3 rings (SSSR count). The molecule has 0 radical (unpaired) electrons. The van der Waals surface area contributed by atoms with Crippen molar-refractivity contribution in [2.75, 3.05) is 20.3 Å². The molecule has 2 saturated heterocycles. The minimum absolute atomic E-state index is 0.0302. The summed E-state index contributed by atoms with van der Waals surface area (Å²) in [5.41, 5.74) is 0. The summed E-state index contributed by atoms with van der Waals surface area (Å²) in [7, 11) is -0.111. The van der Waals surface area contributed by atoms with E-state index in [9.17, 15) is 8.42 Å². The van der Waals surface area contributed by atoms with Gasteiger partial charge in [-0.1, -0.05) is 0 Å². The standard InChI is InChI=1S/C13H21N3O4S/c1-15-7-13(14-9-15)21(17,18)16-6-5-12-11(16)4-3-10(20-12)8-19-2/h7,9-12H,3-6,8H2,1-2H3/t10-,11-,12-/m0/s1. The first kappa shape index (κ1) is 15.0. The first-order valence-electron chi connectivity index (χ1n) is 7.16. The first-order chi connectivity index (χ1) is 10.0. The van der Waals surface area contributed by atoms with Gasteiger partial charge in [0.1, 0.15) is 0 Å². The second-order valence-electron chi connectivity index (χ2n) is 5.68. The molecule has 0 N–H and O–H groups in total. The second-order valence-corrected chi connectivity index (χ2v) is 7.52. The Balaban J connectivity index is 1.77. The highest BCUT2D eigenvalue weighted by Crippen LogP contribution is 2.34. The molecule has 0 amide bonds. The van der Waals surface area contributed by atoms with Crippen LogP contribution in [0.15, 0.2) is 17.6 Å². The maximum Gasteiger partial charge on any atom is 0.262 e. The summed E-state index contributed by atoms with van der Waals surface area (Å²) in [6.07, 6.45) is 5.46. The Bertz CT molecular complexity index is 600. The molecule has 0 spiro atoms. The van der Waals surface area contributed by atoms with Crippen molar-refractivity contribution in [1.82, 2.24) is 13.9 Å². The zero-order valence-electron chi connectivity index (χ0n) is 12.3. The fourth-order valence-electron chi connectivity index (χ4n) is 3.21. The van der Waals surface area contributed by atoms with Crippen LogP contribution in [0.4, 0.5) is 0 Å². The maximum atomic E-state index is 12.7. The van der Waals surface area contributed by atoms with Crippen LogP contribution < -0.4 is 0 Å². The van der Waals surface area contributed by atoms with E-state index in [-0.39, 0.29) is 23.3 Å². The van der Waals surface area contributed by atoms with Gasteiger partial charge in [-0.05, 0) is 19.3 Å². The number of hydrogen-bond donors (Lipinski definition) is 0. The molecule has 0 saturated carbocycles. The Morgan fingerprint density at radius 1 is 1.43 bits per heavy atom. The van der Waals surface area contributed by atoms with Gasteiger partial charge in [0.2, 0.25) is 0 Å². The van der Waals surface area contributed by atoms with Crippen molar-refractivity contribution in [3.05, 3.63) is 12.5 Å². The molecule has 1 aromatic heterocycles. The van der Waals surface area contributed by atoms with Crippen molar-refractivity contribution in [3.63, 3.8) is 0 Å². The lowest BCUT2D eigenvalue weighted by Gasteiger charge is -2.35. The van der Waals surface area contributed by atoms with Gasteiger partial charge in [0.15, 0.2) is 5.03 Å². The number of fused-ring (bicyclic) bond motifs is 1. The molecule has 118 valence electrons. The van der Waals surface area contributed by atoms with Crippen LogP contribution >= 0.6 is 0 Å². The van der Waals surface area contributed by atoms with E-state index < -0.39 is 10.0 Å². The Labute approximate surface area is 124 Å². The third kappa shape index (κ3) is 2.73. The number of sulfonamides is 1. The number of aromatic nitrogens is 2. The average Bonchev–Trinajstić information content (AvgIpc) is 3.05. The molecule has 2 aliphatic rings. The molecule has 0 aliphatic carbocycles. The summed E-state index contributed by atoms with van der Waals surface area (Å²) in [5.74, 6) is 0. The third-order valence-electron chi connectivity index (χ3n) is 4.19. The van der Waals surface area contributed by atoms with Gasteiger partial charge >= 0.3 is 0 Å². The average molecular weight is 315 g/mol. The summed E-state index contributed by atoms with van der Waals surface area (Å²) in [5, 5.41) is 0.115. The number of aryl methyl sites for hydroxylation is 1. The smallest absolute Gasteiger partial charge is 0.262 e. The number of methoxy groups -OCH3 is 1. The van der Waals surface area contributed by atoms with Crippen LogP contribution in [0.25, 0.3) is 0 Å². The lowest BCUT2D eigenvalue weighted by Crippen LogP contribution is -2.45. The van der Waals surface area contributed by atoms with Crippen molar-refractivity contribution in [2.45, 2.75) is 42.5 Å². The van der Waals surface area contributed by atoms with Crippen molar-refractivity contribution >= 4 is 10.0 Å². The van der Waals surface area contributed by atoms with Crippen molar-refractivity contribution in [2.24, 2.45) is 7.05 Å². The van der Waals surface area contributed by atoms with Gasteiger partial charge in [-0.2, -0.15) is 4.31 Å². The minimum Gasteiger partial charge on any atom is -0.382 e.